The van der Waals surface area contributed by atoms with Crippen molar-refractivity contribution >= 4 is 17.3 Å². The predicted molar refractivity (Wildman–Crippen MR) is 93.7 cm³/mol. The van der Waals surface area contributed by atoms with Gasteiger partial charge in [-0.05, 0) is 32.0 Å². The highest BCUT2D eigenvalue weighted by atomic mass is 32.1. The van der Waals surface area contributed by atoms with Gasteiger partial charge >= 0.3 is 0 Å². The van der Waals surface area contributed by atoms with E-state index in [1.54, 1.807) is 18.4 Å². The average molecular weight is 317 g/mol. The minimum atomic E-state index is 0.586. The molecule has 2 N–H and O–H groups in total. The lowest BCUT2D eigenvalue weighted by Gasteiger charge is -2.11. The number of para-hydroxylation sites is 1. The van der Waals surface area contributed by atoms with Crippen LogP contribution in [0.4, 0.5) is 0 Å². The molecule has 0 unspecified atom stereocenters. The summed E-state index contributed by atoms with van der Waals surface area (Å²) >= 11 is 1.80. The standard InChI is InChI=1S/C17H23N3OS/c1-4-18-17(20-12-15-10-9-13(2)22-15)19-11-14-7-5-6-8-16(14)21-3/h5-10H,4,11-12H2,1-3H3,(H2,18,19,20). The zero-order valence-electron chi connectivity index (χ0n) is 13.3. The molecule has 1 aromatic heterocycles. The zero-order valence-corrected chi connectivity index (χ0v) is 14.2. The van der Waals surface area contributed by atoms with Crippen LogP contribution < -0.4 is 15.4 Å². The Kier molecular flexibility index (Phi) is 6.27. The fourth-order valence-electron chi connectivity index (χ4n) is 2.09. The maximum absolute atomic E-state index is 5.36. The normalized spacial score (nSPS) is 11.3. The highest BCUT2D eigenvalue weighted by Crippen LogP contribution is 2.18. The maximum atomic E-state index is 5.36. The number of nitrogens with one attached hydrogen (secondary N) is 2. The Morgan fingerprint density at radius 1 is 1.18 bits per heavy atom. The van der Waals surface area contributed by atoms with Crippen LogP contribution in [-0.2, 0) is 13.1 Å². The molecule has 0 fully saturated rings. The second kappa shape index (κ2) is 8.44. The molecule has 0 saturated heterocycles. The maximum Gasteiger partial charge on any atom is 0.191 e. The van der Waals surface area contributed by atoms with Crippen molar-refractivity contribution in [1.82, 2.24) is 10.6 Å². The Bertz CT molecular complexity index is 622. The number of ether oxygens (including phenoxy) is 1. The third-order valence-corrected chi connectivity index (χ3v) is 4.17. The predicted octanol–water partition coefficient (Wildman–Crippen LogP) is 3.32. The molecule has 118 valence electrons. The highest BCUT2D eigenvalue weighted by Gasteiger charge is 2.03. The second-order valence-corrected chi connectivity index (χ2v) is 6.25. The quantitative estimate of drug-likeness (QED) is 0.634. The van der Waals surface area contributed by atoms with Crippen LogP contribution in [0.5, 0.6) is 5.75 Å². The average Bonchev–Trinajstić information content (AvgIpc) is 2.96. The Labute approximate surface area is 136 Å². The van der Waals surface area contributed by atoms with E-state index in [2.05, 4.69) is 41.6 Å². The Balaban J connectivity index is 2.00. The molecular weight excluding hydrogens is 294 g/mol. The fourth-order valence-corrected chi connectivity index (χ4v) is 2.92. The van der Waals surface area contributed by atoms with Gasteiger partial charge in [0.2, 0.25) is 0 Å². The topological polar surface area (TPSA) is 45.7 Å². The monoisotopic (exact) mass is 317 g/mol. The molecule has 2 aromatic rings. The van der Waals surface area contributed by atoms with E-state index < -0.39 is 0 Å². The summed E-state index contributed by atoms with van der Waals surface area (Å²) < 4.78 is 5.36. The molecule has 1 aromatic carbocycles. The minimum absolute atomic E-state index is 0.586. The first-order chi connectivity index (χ1) is 10.7. The number of aliphatic imine (C=N–C) groups is 1. The van der Waals surface area contributed by atoms with Gasteiger partial charge in [0.25, 0.3) is 0 Å². The highest BCUT2D eigenvalue weighted by molar-refractivity contribution is 7.11. The number of rotatable bonds is 6. The second-order valence-electron chi connectivity index (χ2n) is 4.87. The first kappa shape index (κ1) is 16.4. The lowest BCUT2D eigenvalue weighted by Crippen LogP contribution is -2.36. The van der Waals surface area contributed by atoms with Crippen LogP contribution in [-0.4, -0.2) is 19.6 Å². The van der Waals surface area contributed by atoms with Crippen molar-refractivity contribution in [2.24, 2.45) is 4.99 Å². The van der Waals surface area contributed by atoms with Crippen LogP contribution in [0.3, 0.4) is 0 Å². The molecule has 1 heterocycles. The minimum Gasteiger partial charge on any atom is -0.496 e. The van der Waals surface area contributed by atoms with Crippen molar-refractivity contribution in [2.45, 2.75) is 26.9 Å². The molecule has 0 amide bonds. The summed E-state index contributed by atoms with van der Waals surface area (Å²) in [5.74, 6) is 1.69. The molecule has 0 aliphatic rings. The van der Waals surface area contributed by atoms with E-state index in [0.717, 1.165) is 30.4 Å². The molecule has 0 saturated carbocycles. The number of guanidine groups is 1. The number of hydrogen-bond acceptors (Lipinski definition) is 3. The summed E-state index contributed by atoms with van der Waals surface area (Å²) in [6, 6.07) is 12.3. The third kappa shape index (κ3) is 4.77. The van der Waals surface area contributed by atoms with Crippen molar-refractivity contribution in [1.29, 1.82) is 0 Å². The summed E-state index contributed by atoms with van der Waals surface area (Å²) in [4.78, 5) is 7.27. The van der Waals surface area contributed by atoms with E-state index in [9.17, 15) is 0 Å². The van der Waals surface area contributed by atoms with E-state index >= 15 is 0 Å². The molecular formula is C17H23N3OS. The molecule has 22 heavy (non-hydrogen) atoms. The largest absolute Gasteiger partial charge is 0.496 e. The number of methoxy groups -OCH3 is 1. The van der Waals surface area contributed by atoms with Crippen LogP contribution in [0.15, 0.2) is 41.4 Å². The van der Waals surface area contributed by atoms with Gasteiger partial charge in [-0.15, -0.1) is 11.3 Å². The van der Waals surface area contributed by atoms with Crippen molar-refractivity contribution in [3.63, 3.8) is 0 Å². The Hall–Kier alpha value is -2.01. The van der Waals surface area contributed by atoms with E-state index in [-0.39, 0.29) is 0 Å². The van der Waals surface area contributed by atoms with Gasteiger partial charge in [0.1, 0.15) is 5.75 Å². The summed E-state index contributed by atoms with van der Waals surface area (Å²) in [6.45, 7) is 6.39. The van der Waals surface area contributed by atoms with Gasteiger partial charge in [-0.25, -0.2) is 4.99 Å². The third-order valence-electron chi connectivity index (χ3n) is 3.17. The van der Waals surface area contributed by atoms with Crippen molar-refractivity contribution in [3.05, 3.63) is 51.7 Å². The van der Waals surface area contributed by atoms with E-state index in [4.69, 9.17) is 4.74 Å². The molecule has 0 aliphatic carbocycles. The van der Waals surface area contributed by atoms with E-state index in [1.165, 1.54) is 9.75 Å². The number of nitrogens with zero attached hydrogens (tertiary/aromatic N) is 1. The molecule has 0 spiro atoms. The summed E-state index contributed by atoms with van der Waals surface area (Å²) in [5.41, 5.74) is 1.08. The van der Waals surface area contributed by atoms with Crippen molar-refractivity contribution < 1.29 is 4.74 Å². The number of thiophene rings is 1. The van der Waals surface area contributed by atoms with Gasteiger partial charge in [-0.3, -0.25) is 0 Å². The van der Waals surface area contributed by atoms with Gasteiger partial charge in [0, 0.05) is 21.9 Å². The van der Waals surface area contributed by atoms with Gasteiger partial charge < -0.3 is 15.4 Å². The summed E-state index contributed by atoms with van der Waals surface area (Å²) in [6.07, 6.45) is 0. The zero-order chi connectivity index (χ0) is 15.8. The summed E-state index contributed by atoms with van der Waals surface area (Å²) in [5, 5.41) is 6.64. The molecule has 4 nitrogen and oxygen atoms in total. The van der Waals surface area contributed by atoms with Gasteiger partial charge in [0.05, 0.1) is 20.2 Å². The van der Waals surface area contributed by atoms with Crippen LogP contribution in [0, 0.1) is 6.92 Å². The Morgan fingerprint density at radius 3 is 2.68 bits per heavy atom. The van der Waals surface area contributed by atoms with E-state index in [0.29, 0.717) is 6.54 Å². The van der Waals surface area contributed by atoms with Crippen molar-refractivity contribution in [3.8, 4) is 5.75 Å². The number of benzene rings is 1. The summed E-state index contributed by atoms with van der Waals surface area (Å²) in [7, 11) is 1.69. The molecule has 0 bridgehead atoms. The number of hydrogen-bond donors (Lipinski definition) is 2. The molecule has 0 atom stereocenters. The number of aryl methyl sites for hydroxylation is 1. The molecule has 0 aliphatic heterocycles. The molecule has 5 heteroatoms. The van der Waals surface area contributed by atoms with Crippen molar-refractivity contribution in [2.75, 3.05) is 13.7 Å². The SMILES string of the molecule is CCNC(=NCc1ccccc1OC)NCc1ccc(C)s1. The molecule has 0 radical (unpaired) electrons. The molecule has 2 rings (SSSR count). The lowest BCUT2D eigenvalue weighted by molar-refractivity contribution is 0.410. The first-order valence-corrected chi connectivity index (χ1v) is 8.24. The Morgan fingerprint density at radius 2 is 2.00 bits per heavy atom. The van der Waals surface area contributed by atoms with Crippen LogP contribution >= 0.6 is 11.3 Å². The van der Waals surface area contributed by atoms with Crippen LogP contribution in [0.1, 0.15) is 22.2 Å². The van der Waals surface area contributed by atoms with Crippen LogP contribution in [0.2, 0.25) is 0 Å². The van der Waals surface area contributed by atoms with Gasteiger partial charge in [0.15, 0.2) is 5.96 Å². The van der Waals surface area contributed by atoms with Gasteiger partial charge in [-0.1, -0.05) is 18.2 Å². The first-order valence-electron chi connectivity index (χ1n) is 7.42. The smallest absolute Gasteiger partial charge is 0.191 e. The fraction of sp³-hybridized carbons (Fsp3) is 0.353. The van der Waals surface area contributed by atoms with Gasteiger partial charge in [-0.2, -0.15) is 0 Å². The van der Waals surface area contributed by atoms with E-state index in [1.807, 2.05) is 24.3 Å². The lowest BCUT2D eigenvalue weighted by atomic mass is 10.2. The van der Waals surface area contributed by atoms with Crippen LogP contribution in [0.25, 0.3) is 0 Å².